The molecule has 0 heterocycles. The molecule has 2 amide bonds. The molecule has 1 saturated carbocycles. The molecule has 0 saturated heterocycles. The van der Waals surface area contributed by atoms with Gasteiger partial charge >= 0.3 is 0 Å². The van der Waals surface area contributed by atoms with Gasteiger partial charge in [0.25, 0.3) is 0 Å². The summed E-state index contributed by atoms with van der Waals surface area (Å²) in [7, 11) is 0. The van der Waals surface area contributed by atoms with E-state index in [9.17, 15) is 9.59 Å². The molecule has 0 spiro atoms. The van der Waals surface area contributed by atoms with Crippen LogP contribution in [0.4, 0.5) is 0 Å². The van der Waals surface area contributed by atoms with Crippen molar-refractivity contribution in [2.45, 2.75) is 71.8 Å². The molecule has 3 N–H and O–H groups in total. The Morgan fingerprint density at radius 3 is 2.45 bits per heavy atom. The minimum atomic E-state index is -0.513. The highest BCUT2D eigenvalue weighted by Gasteiger charge is 2.22. The number of carbonyl (C=O) groups is 2. The van der Waals surface area contributed by atoms with Crippen LogP contribution in [0, 0.1) is 11.3 Å². The third-order valence-corrected chi connectivity index (χ3v) is 4.50. The molecule has 128 valence electrons. The lowest BCUT2D eigenvalue weighted by Crippen LogP contribution is -2.47. The molecule has 1 unspecified atom stereocenters. The third kappa shape index (κ3) is 7.25. The maximum absolute atomic E-state index is 12.0. The fourth-order valence-corrected chi connectivity index (χ4v) is 2.89. The van der Waals surface area contributed by atoms with Crippen molar-refractivity contribution in [2.75, 3.05) is 13.2 Å². The fraction of sp³-hybridized carbons (Fsp3) is 0.882. The van der Waals surface area contributed by atoms with Crippen LogP contribution < -0.4 is 10.6 Å². The minimum absolute atomic E-state index is 0.0239. The number of amides is 2. The predicted molar refractivity (Wildman–Crippen MR) is 87.3 cm³/mol. The topological polar surface area (TPSA) is 78.4 Å². The van der Waals surface area contributed by atoms with Gasteiger partial charge in [-0.3, -0.25) is 9.59 Å². The Bertz CT molecular complexity index is 363. The van der Waals surface area contributed by atoms with E-state index in [-0.39, 0.29) is 23.8 Å². The number of aliphatic hydroxyl groups is 1. The Morgan fingerprint density at radius 2 is 1.86 bits per heavy atom. The van der Waals surface area contributed by atoms with Gasteiger partial charge in [-0.05, 0) is 37.5 Å². The van der Waals surface area contributed by atoms with Crippen molar-refractivity contribution in [3.05, 3.63) is 0 Å². The first-order valence-electron chi connectivity index (χ1n) is 8.52. The van der Waals surface area contributed by atoms with Gasteiger partial charge in [-0.25, -0.2) is 0 Å². The van der Waals surface area contributed by atoms with Crippen LogP contribution in [0.15, 0.2) is 0 Å². The largest absolute Gasteiger partial charge is 0.396 e. The maximum Gasteiger partial charge on any atom is 0.242 e. The zero-order valence-corrected chi connectivity index (χ0v) is 14.3. The van der Waals surface area contributed by atoms with E-state index >= 15 is 0 Å². The van der Waals surface area contributed by atoms with E-state index in [4.69, 9.17) is 5.11 Å². The van der Waals surface area contributed by atoms with Crippen LogP contribution in [-0.2, 0) is 9.59 Å². The van der Waals surface area contributed by atoms with Gasteiger partial charge in [0.1, 0.15) is 6.04 Å². The summed E-state index contributed by atoms with van der Waals surface area (Å²) in [5.74, 6) is 0.291. The van der Waals surface area contributed by atoms with Crippen molar-refractivity contribution in [1.29, 1.82) is 0 Å². The molecule has 1 aliphatic carbocycles. The van der Waals surface area contributed by atoms with E-state index < -0.39 is 6.04 Å². The van der Waals surface area contributed by atoms with E-state index in [2.05, 4.69) is 10.6 Å². The molecular weight excluding hydrogens is 280 g/mol. The molecule has 1 aliphatic rings. The Labute approximate surface area is 134 Å². The predicted octanol–water partition coefficient (Wildman–Crippen LogP) is 1.99. The van der Waals surface area contributed by atoms with Crippen molar-refractivity contribution in [2.24, 2.45) is 11.3 Å². The van der Waals surface area contributed by atoms with Gasteiger partial charge in [0, 0.05) is 19.6 Å². The molecule has 5 heteroatoms. The van der Waals surface area contributed by atoms with Crippen LogP contribution in [0.3, 0.4) is 0 Å². The lowest BCUT2D eigenvalue weighted by Gasteiger charge is -2.25. The number of rotatable bonds is 8. The molecule has 0 aromatic carbocycles. The highest BCUT2D eigenvalue weighted by molar-refractivity contribution is 5.87. The number of aliphatic hydroxyl groups excluding tert-OH is 1. The molecule has 5 nitrogen and oxygen atoms in total. The SMILES string of the molecule is CC(NC(=O)CC1CCCCC1)C(=O)NCC(C)(C)CCO. The van der Waals surface area contributed by atoms with Gasteiger partial charge in [0.15, 0.2) is 0 Å². The van der Waals surface area contributed by atoms with Crippen LogP contribution in [0.25, 0.3) is 0 Å². The Hall–Kier alpha value is -1.10. The summed E-state index contributed by atoms with van der Waals surface area (Å²) in [6.07, 6.45) is 7.14. The number of carbonyl (C=O) groups excluding carboxylic acids is 2. The van der Waals surface area contributed by atoms with Gasteiger partial charge in [-0.15, -0.1) is 0 Å². The summed E-state index contributed by atoms with van der Waals surface area (Å²) in [6, 6.07) is -0.513. The zero-order chi connectivity index (χ0) is 16.6. The van der Waals surface area contributed by atoms with Gasteiger partial charge in [0.05, 0.1) is 0 Å². The average molecular weight is 312 g/mol. The molecule has 0 aromatic rings. The van der Waals surface area contributed by atoms with Crippen LogP contribution in [0.1, 0.15) is 65.7 Å². The minimum Gasteiger partial charge on any atom is -0.396 e. The van der Waals surface area contributed by atoms with Crippen molar-refractivity contribution in [3.8, 4) is 0 Å². The maximum atomic E-state index is 12.0. The van der Waals surface area contributed by atoms with E-state index in [1.165, 1.54) is 19.3 Å². The fourth-order valence-electron chi connectivity index (χ4n) is 2.89. The van der Waals surface area contributed by atoms with Crippen LogP contribution >= 0.6 is 0 Å². The number of hydrogen-bond donors (Lipinski definition) is 3. The molecule has 0 aliphatic heterocycles. The summed E-state index contributed by atoms with van der Waals surface area (Å²) in [4.78, 5) is 24.0. The highest BCUT2D eigenvalue weighted by atomic mass is 16.3. The van der Waals surface area contributed by atoms with Crippen LogP contribution in [-0.4, -0.2) is 36.1 Å². The Balaban J connectivity index is 2.29. The summed E-state index contributed by atoms with van der Waals surface area (Å²) in [6.45, 7) is 6.31. The zero-order valence-electron chi connectivity index (χ0n) is 14.3. The second-order valence-corrected chi connectivity index (χ2v) is 7.35. The quantitative estimate of drug-likeness (QED) is 0.641. The van der Waals surface area contributed by atoms with Crippen molar-refractivity contribution in [3.63, 3.8) is 0 Å². The van der Waals surface area contributed by atoms with E-state index in [1.807, 2.05) is 13.8 Å². The summed E-state index contributed by atoms with van der Waals surface area (Å²) < 4.78 is 0. The van der Waals surface area contributed by atoms with Crippen LogP contribution in [0.2, 0.25) is 0 Å². The Kier molecular flexibility index (Phi) is 7.87. The first kappa shape index (κ1) is 18.9. The Morgan fingerprint density at radius 1 is 1.23 bits per heavy atom. The van der Waals surface area contributed by atoms with Crippen LogP contribution in [0.5, 0.6) is 0 Å². The molecule has 0 radical (unpaired) electrons. The monoisotopic (exact) mass is 312 g/mol. The lowest BCUT2D eigenvalue weighted by atomic mass is 9.87. The molecule has 22 heavy (non-hydrogen) atoms. The second kappa shape index (κ2) is 9.13. The van der Waals surface area contributed by atoms with E-state index in [0.29, 0.717) is 25.3 Å². The van der Waals surface area contributed by atoms with Crippen molar-refractivity contribution in [1.82, 2.24) is 10.6 Å². The second-order valence-electron chi connectivity index (χ2n) is 7.35. The van der Waals surface area contributed by atoms with E-state index in [1.54, 1.807) is 6.92 Å². The average Bonchev–Trinajstić information content (AvgIpc) is 2.45. The lowest BCUT2D eigenvalue weighted by molar-refractivity contribution is -0.129. The molecule has 0 aromatic heterocycles. The van der Waals surface area contributed by atoms with Gasteiger partial charge in [-0.2, -0.15) is 0 Å². The molecule has 0 bridgehead atoms. The summed E-state index contributed by atoms with van der Waals surface area (Å²) >= 11 is 0. The summed E-state index contributed by atoms with van der Waals surface area (Å²) in [5.41, 5.74) is -0.143. The highest BCUT2D eigenvalue weighted by Crippen LogP contribution is 2.26. The number of nitrogens with one attached hydrogen (secondary N) is 2. The first-order valence-corrected chi connectivity index (χ1v) is 8.52. The first-order chi connectivity index (χ1) is 10.3. The third-order valence-electron chi connectivity index (χ3n) is 4.50. The van der Waals surface area contributed by atoms with Gasteiger partial charge in [-0.1, -0.05) is 33.1 Å². The normalized spacial score (nSPS) is 17.8. The van der Waals surface area contributed by atoms with Gasteiger partial charge in [0.2, 0.25) is 11.8 Å². The summed E-state index contributed by atoms with van der Waals surface area (Å²) in [5, 5.41) is 14.6. The molecule has 1 fully saturated rings. The standard InChI is InChI=1S/C17H32N2O3/c1-13(16(22)18-12-17(2,3)9-10-20)19-15(21)11-14-7-5-4-6-8-14/h13-14,20H,4-12H2,1-3H3,(H,18,22)(H,19,21). The smallest absolute Gasteiger partial charge is 0.242 e. The van der Waals surface area contributed by atoms with Gasteiger partial charge < -0.3 is 15.7 Å². The molecular formula is C17H32N2O3. The van der Waals surface area contributed by atoms with Crippen molar-refractivity contribution < 1.29 is 14.7 Å². The molecule has 1 atom stereocenters. The number of hydrogen-bond acceptors (Lipinski definition) is 3. The van der Waals surface area contributed by atoms with Crippen molar-refractivity contribution >= 4 is 11.8 Å². The molecule has 1 rings (SSSR count). The van der Waals surface area contributed by atoms with E-state index in [0.717, 1.165) is 12.8 Å².